The molecule has 6 aliphatic rings. The maximum Gasteiger partial charge on any atom is 0.130 e. The molecule has 0 bridgehead atoms. The van der Waals surface area contributed by atoms with Crippen molar-refractivity contribution in [2.75, 3.05) is 26.7 Å². The first-order chi connectivity index (χ1) is 33.4. The molecule has 12 heteroatoms. The molecule has 1 spiro atoms. The van der Waals surface area contributed by atoms with Crippen molar-refractivity contribution in [3.8, 4) is 19.5 Å². The molecule has 0 atom stereocenters. The molecule has 69 heavy (non-hydrogen) atoms. The Morgan fingerprint density at radius 2 is 0.536 bits per heavy atom. The Morgan fingerprint density at radius 1 is 0.319 bits per heavy atom. The van der Waals surface area contributed by atoms with Crippen LogP contribution in [0.4, 0.5) is 0 Å². The molecule has 4 aromatic carbocycles. The van der Waals surface area contributed by atoms with Crippen LogP contribution in [0.25, 0.3) is 19.5 Å². The van der Waals surface area contributed by atoms with E-state index in [4.69, 9.17) is 39.9 Å². The first-order valence-electron chi connectivity index (χ1n) is 23.9. The van der Waals surface area contributed by atoms with Gasteiger partial charge in [0.25, 0.3) is 0 Å². The molecule has 4 aliphatic heterocycles. The Morgan fingerprint density at radius 3 is 0.768 bits per heavy atom. The molecular formula is C57H48N8S4. The van der Waals surface area contributed by atoms with Crippen molar-refractivity contribution >= 4 is 45.3 Å². The number of nitrogens with zero attached hydrogens (tertiary/aromatic N) is 8. The maximum absolute atomic E-state index is 4.95. The summed E-state index contributed by atoms with van der Waals surface area (Å²) < 4.78 is 0. The zero-order valence-electron chi connectivity index (χ0n) is 40.0. The second-order valence-corrected chi connectivity index (χ2v) is 24.4. The van der Waals surface area contributed by atoms with E-state index in [1.54, 1.807) is 0 Å². The first kappa shape index (κ1) is 42.0. The van der Waals surface area contributed by atoms with E-state index in [2.05, 4.69) is 104 Å². The van der Waals surface area contributed by atoms with Crippen molar-refractivity contribution < 1.29 is 0 Å². The third-order valence-electron chi connectivity index (χ3n) is 15.9. The highest BCUT2D eigenvalue weighted by atomic mass is 32.1. The number of fused-ring (bicyclic) bond motifs is 14. The molecule has 0 N–H and O–H groups in total. The van der Waals surface area contributed by atoms with E-state index in [1.807, 2.05) is 45.3 Å². The summed E-state index contributed by atoms with van der Waals surface area (Å²) in [5.74, 6) is 0. The van der Waals surface area contributed by atoms with Gasteiger partial charge in [-0.25, -0.2) is 0 Å². The number of rotatable bonds is 8. The average molecular weight is 973 g/mol. The topological polar surface area (TPSA) is 98.9 Å². The quantitative estimate of drug-likeness (QED) is 0.148. The van der Waals surface area contributed by atoms with Crippen LogP contribution in [-0.4, -0.2) is 26.7 Å². The molecule has 2 aliphatic carbocycles. The van der Waals surface area contributed by atoms with Crippen LogP contribution in [0.1, 0.15) is 109 Å². The number of thiophene rings is 4. The van der Waals surface area contributed by atoms with Gasteiger partial charge in [0.05, 0.1) is 48.3 Å². The summed E-state index contributed by atoms with van der Waals surface area (Å²) >= 11 is 7.95. The summed E-state index contributed by atoms with van der Waals surface area (Å²) in [6, 6.07) is 19.8. The normalized spacial score (nSPS) is 15.4. The Balaban J connectivity index is 0.989. The molecule has 8 heterocycles. The van der Waals surface area contributed by atoms with Gasteiger partial charge in [-0.15, -0.1) is 45.3 Å². The highest BCUT2D eigenvalue weighted by molar-refractivity contribution is 7.24. The summed E-state index contributed by atoms with van der Waals surface area (Å²) in [4.78, 5) is 50.3. The van der Waals surface area contributed by atoms with Gasteiger partial charge in [0, 0.05) is 64.7 Å². The second kappa shape index (κ2) is 15.0. The SMILES string of the molecule is Cc1cc(Cc2cc3c(s2)-c2sc(Cc4cc(C)c(C)c5c4=NCN=5)cc2C32c3cc(Cc4cc(C)c(C)c5c4=NCN=5)sc3-c3sc(Cc4cc(C)c(C)c5c4=NCN=5)cc32)c2c(c1C)=NCN=2. The van der Waals surface area contributed by atoms with Gasteiger partial charge in [-0.3, -0.25) is 39.9 Å². The lowest BCUT2D eigenvalue weighted by Crippen LogP contribution is -2.30. The Kier molecular flexibility index (Phi) is 9.16. The molecule has 0 unspecified atom stereocenters. The number of aryl methyl sites for hydroxylation is 4. The molecule has 0 saturated carbocycles. The summed E-state index contributed by atoms with van der Waals surface area (Å²) in [5, 5.41) is 8.57. The van der Waals surface area contributed by atoms with Gasteiger partial charge >= 0.3 is 0 Å². The summed E-state index contributed by atoms with van der Waals surface area (Å²) in [5.41, 5.74) is 20.4. The van der Waals surface area contributed by atoms with Crippen molar-refractivity contribution in [3.05, 3.63) is 200 Å². The number of hydrogen-bond donors (Lipinski definition) is 0. The van der Waals surface area contributed by atoms with Gasteiger partial charge in [0.15, 0.2) is 0 Å². The zero-order chi connectivity index (χ0) is 46.8. The van der Waals surface area contributed by atoms with Crippen LogP contribution in [0.5, 0.6) is 0 Å². The molecule has 8 nitrogen and oxygen atoms in total. The van der Waals surface area contributed by atoms with E-state index in [1.165, 1.54) is 128 Å². The first-order valence-corrected chi connectivity index (χ1v) is 27.2. The van der Waals surface area contributed by atoms with Gasteiger partial charge in [0.1, 0.15) is 26.7 Å². The lowest BCUT2D eigenvalue weighted by atomic mass is 9.72. The minimum atomic E-state index is -0.465. The van der Waals surface area contributed by atoms with Gasteiger partial charge in [-0.05, 0) is 169 Å². The van der Waals surface area contributed by atoms with Crippen molar-refractivity contribution in [2.45, 2.75) is 86.5 Å². The smallest absolute Gasteiger partial charge is 0.130 e. The fraction of sp³-hybridized carbons (Fsp3) is 0.298. The monoisotopic (exact) mass is 972 g/mol. The third-order valence-corrected chi connectivity index (χ3v) is 20.8. The minimum absolute atomic E-state index is 0.465. The highest BCUT2D eigenvalue weighted by Gasteiger charge is 2.55. The number of hydrogen-bond acceptors (Lipinski definition) is 12. The zero-order valence-corrected chi connectivity index (χ0v) is 43.3. The lowest BCUT2D eigenvalue weighted by molar-refractivity contribution is 0.797. The number of benzene rings is 4. The molecule has 0 amide bonds. The third kappa shape index (κ3) is 5.95. The van der Waals surface area contributed by atoms with Crippen LogP contribution < -0.4 is 42.9 Å². The van der Waals surface area contributed by atoms with Crippen LogP contribution in [-0.2, 0) is 31.1 Å². The average Bonchev–Trinajstić information content (AvgIpc) is 4.17. The van der Waals surface area contributed by atoms with E-state index >= 15 is 0 Å². The van der Waals surface area contributed by atoms with E-state index < -0.39 is 5.41 Å². The Labute approximate surface area is 415 Å². The summed E-state index contributed by atoms with van der Waals surface area (Å²) in [6.07, 6.45) is 3.30. The highest BCUT2D eigenvalue weighted by Crippen LogP contribution is 2.68. The molecule has 8 aromatic rings. The standard InChI is InChI=1S/C57H48N8S4/c1-25-9-33(49-45(29(25)5)58-21-62-49)13-37-17-41-53(66-37)54-42(18-38(67-54)14-34-10-26(2)30(6)46-50(34)63-22-59-46)57(41)43-19-39(15-35-11-27(3)31(7)47-51(35)64-23-60-47)68-55(43)56-44(57)20-40(69-56)16-36-12-28(4)32(8)48-52(36)65-24-61-48/h9-12,17-20H,13-16,21-24H2,1-8H3. The largest absolute Gasteiger partial charge is 0.259 e. The van der Waals surface area contributed by atoms with Crippen LogP contribution >= 0.6 is 45.3 Å². The van der Waals surface area contributed by atoms with Crippen molar-refractivity contribution in [1.29, 1.82) is 0 Å². The Hall–Kier alpha value is -5.92. The molecule has 340 valence electrons. The molecule has 0 saturated heterocycles. The van der Waals surface area contributed by atoms with Crippen molar-refractivity contribution in [1.82, 2.24) is 0 Å². The molecule has 0 fully saturated rings. The summed E-state index contributed by atoms with van der Waals surface area (Å²) in [7, 11) is 0. The lowest BCUT2D eigenvalue weighted by Gasteiger charge is -2.27. The second-order valence-electron chi connectivity index (χ2n) is 19.8. The maximum atomic E-state index is 4.95. The van der Waals surface area contributed by atoms with Gasteiger partial charge in [0.2, 0.25) is 0 Å². The van der Waals surface area contributed by atoms with E-state index in [0.717, 1.165) is 68.5 Å². The van der Waals surface area contributed by atoms with E-state index in [9.17, 15) is 0 Å². The van der Waals surface area contributed by atoms with Crippen LogP contribution in [0.2, 0.25) is 0 Å². The van der Waals surface area contributed by atoms with Crippen LogP contribution in [0, 0.1) is 55.4 Å². The van der Waals surface area contributed by atoms with Crippen LogP contribution in [0.3, 0.4) is 0 Å². The minimum Gasteiger partial charge on any atom is -0.259 e. The van der Waals surface area contributed by atoms with Gasteiger partial charge in [-0.2, -0.15) is 0 Å². The van der Waals surface area contributed by atoms with Crippen LogP contribution in [0.15, 0.2) is 88.5 Å². The fourth-order valence-electron chi connectivity index (χ4n) is 12.1. The Bertz CT molecular complexity index is 3710. The van der Waals surface area contributed by atoms with E-state index in [-0.39, 0.29) is 0 Å². The summed E-state index contributed by atoms with van der Waals surface area (Å²) in [6.45, 7) is 19.7. The van der Waals surface area contributed by atoms with Crippen molar-refractivity contribution in [2.24, 2.45) is 39.9 Å². The van der Waals surface area contributed by atoms with Gasteiger partial charge < -0.3 is 0 Å². The predicted molar refractivity (Wildman–Crippen MR) is 278 cm³/mol. The molecule has 0 radical (unpaired) electrons. The van der Waals surface area contributed by atoms with Crippen molar-refractivity contribution in [3.63, 3.8) is 0 Å². The predicted octanol–water partition coefficient (Wildman–Crippen LogP) is 7.95. The van der Waals surface area contributed by atoms with Gasteiger partial charge in [-0.1, -0.05) is 24.3 Å². The molecule has 14 rings (SSSR count). The molecular weight excluding hydrogens is 925 g/mol. The van der Waals surface area contributed by atoms with E-state index in [0.29, 0.717) is 26.7 Å². The molecule has 4 aromatic heterocycles. The fourth-order valence-corrected chi connectivity index (χ4v) is 17.3.